The van der Waals surface area contributed by atoms with Gasteiger partial charge in [0.25, 0.3) is 0 Å². The van der Waals surface area contributed by atoms with Crippen LogP contribution in [0.4, 0.5) is 13.2 Å². The highest BCUT2D eigenvalue weighted by molar-refractivity contribution is 6.24. The van der Waals surface area contributed by atoms with Crippen molar-refractivity contribution >= 4 is 127 Å². The molecule has 0 saturated carbocycles. The molecule has 0 amide bonds. The summed E-state index contributed by atoms with van der Waals surface area (Å²) in [5.74, 6) is -0.488. The van der Waals surface area contributed by atoms with Gasteiger partial charge in [-0.1, -0.05) is 231 Å². The highest BCUT2D eigenvalue weighted by Gasteiger charge is 2.32. The Morgan fingerprint density at radius 2 is 0.546 bits per heavy atom. The van der Waals surface area contributed by atoms with E-state index in [0.29, 0.717) is 105 Å². The van der Waals surface area contributed by atoms with E-state index < -0.39 is 34.3 Å². The number of benzene rings is 14. The van der Waals surface area contributed by atoms with Gasteiger partial charge in [-0.15, -0.1) is 0 Å². The lowest BCUT2D eigenvalue weighted by Gasteiger charge is -2.06. The Hall–Kier alpha value is -18.4. The molecule has 18 nitrogen and oxygen atoms in total. The zero-order valence-electron chi connectivity index (χ0n) is 76.3. The number of halogens is 3. The molecule has 0 fully saturated rings. The minimum atomic E-state index is -0.524. The number of hydrogen-bond donors (Lipinski definition) is 0. The zero-order chi connectivity index (χ0) is 97.5. The lowest BCUT2D eigenvalue weighted by molar-refractivity contribution is 0.100. The SMILES string of the molecule is CCCc1oc2ccc3c(C)cc(=O)oc3c2c1-c1ccccc1.Cc1cc(=O)oc2c1ccc1oc(-c3ccccc3)c(-c3ccccc3)c12.Cc1cc(=O)oc2c1ccc1oc(C(=O)c3ccccc3)c(-c3ccc(F)cc3)c12.Cc1cc(=O)oc2c1ccc1oc(C(=O)c3ccccc3)c(-c3cccc(F)c3)c12.Cc1cc(=O)oc2c1ccc1oc(C(=O)c3ccccc3)c(-c3ccccc3F)c12. The third kappa shape index (κ3) is 17.4. The molecule has 141 heavy (non-hydrogen) atoms. The molecule has 24 aromatic rings. The van der Waals surface area contributed by atoms with E-state index in [0.717, 1.165) is 118 Å². The van der Waals surface area contributed by atoms with Crippen molar-refractivity contribution in [1.82, 2.24) is 0 Å². The molecule has 0 N–H and O–H groups in total. The van der Waals surface area contributed by atoms with Gasteiger partial charge in [0, 0.05) is 119 Å². The standard InChI is InChI=1S/3C25H15FO4.C24H16O3.C21H18O3/c1-14-13-20(27)30-24-16(14)11-12-19-22(24)21(17-9-5-6-10-18(17)26)25(29-19)23(28)15-7-3-2-4-8-15;1-14-12-20(27)30-24-18(14)10-11-19-22(24)21(16-8-5-9-17(26)13-16)25(29-19)23(28)15-6-3-2-4-7-15;1-14-13-20(27)30-24-18(14)11-12-19-22(24)21(15-7-9-17(26)10-8-15)25(29-19)23(28)16-5-3-2-4-6-16;1-15-14-20(25)27-24-18(15)12-13-19-22(24)21(16-8-4-2-5-9-16)23(26-19)17-10-6-3-7-11-17;1-3-7-16-19(14-8-5-4-6-9-14)20-17(23-16)11-10-15-13(2)12-18(22)24-21(15)20/h3*2-13H,1H3;2-14H,1H3;4-6,8-12H,3,7H2,1-2H3. The van der Waals surface area contributed by atoms with Crippen LogP contribution in [0, 0.1) is 52.1 Å². The van der Waals surface area contributed by atoms with E-state index in [1.165, 1.54) is 60.7 Å². The number of fused-ring (bicyclic) bond motifs is 15. The van der Waals surface area contributed by atoms with Gasteiger partial charge in [-0.05, 0) is 182 Å². The second-order valence-corrected chi connectivity index (χ2v) is 33.9. The highest BCUT2D eigenvalue weighted by atomic mass is 19.1. The smallest absolute Gasteiger partial charge is 0.336 e. The van der Waals surface area contributed by atoms with Crippen LogP contribution >= 0.6 is 0 Å². The Labute approximate surface area is 798 Å². The van der Waals surface area contributed by atoms with Gasteiger partial charge in [-0.25, -0.2) is 37.1 Å². The van der Waals surface area contributed by atoms with Crippen molar-refractivity contribution < 1.29 is 71.7 Å². The molecule has 21 heteroatoms. The molecule has 10 aromatic heterocycles. The average Bonchev–Trinajstić information content (AvgIpc) is 1.59. The van der Waals surface area contributed by atoms with Crippen molar-refractivity contribution in [2.45, 2.75) is 54.4 Å². The molecule has 14 aromatic carbocycles. The Bertz CT molecular complexity index is 9390. The predicted molar refractivity (Wildman–Crippen MR) is 541 cm³/mol. The van der Waals surface area contributed by atoms with Gasteiger partial charge < -0.3 is 44.2 Å². The van der Waals surface area contributed by atoms with E-state index in [1.807, 2.05) is 143 Å². The molecule has 688 valence electrons. The second-order valence-electron chi connectivity index (χ2n) is 33.9. The van der Waals surface area contributed by atoms with E-state index in [9.17, 15) is 51.5 Å². The molecule has 10 heterocycles. The molecule has 0 atom stereocenters. The predicted octanol–water partition coefficient (Wildman–Crippen LogP) is 29.3. The van der Waals surface area contributed by atoms with E-state index >= 15 is 0 Å². The number of carbonyl (C=O) groups excluding carboxylic acids is 3. The molecule has 0 radical (unpaired) electrons. The monoisotopic (exact) mass is 1860 g/mol. The topological polar surface area (TPSA) is 268 Å². The zero-order valence-corrected chi connectivity index (χ0v) is 76.3. The summed E-state index contributed by atoms with van der Waals surface area (Å²) < 4.78 is 101. The van der Waals surface area contributed by atoms with Crippen molar-refractivity contribution in [2.24, 2.45) is 0 Å². The van der Waals surface area contributed by atoms with Gasteiger partial charge in [0.05, 0.1) is 26.9 Å². The first-order chi connectivity index (χ1) is 68.5. The van der Waals surface area contributed by atoms with Crippen molar-refractivity contribution in [3.63, 3.8) is 0 Å². The van der Waals surface area contributed by atoms with Crippen LogP contribution in [0.15, 0.2) is 414 Å². The summed E-state index contributed by atoms with van der Waals surface area (Å²) in [5.41, 5.74) is 15.3. The van der Waals surface area contributed by atoms with Crippen LogP contribution in [-0.2, 0) is 6.42 Å². The molecule has 24 rings (SSSR count). The van der Waals surface area contributed by atoms with E-state index in [4.69, 9.17) is 44.2 Å². The van der Waals surface area contributed by atoms with Crippen LogP contribution in [0.5, 0.6) is 0 Å². The number of furan rings is 5. The lowest BCUT2D eigenvalue weighted by Crippen LogP contribution is -2.02. The maximum absolute atomic E-state index is 14.8. The van der Waals surface area contributed by atoms with E-state index in [2.05, 4.69) is 19.1 Å². The second kappa shape index (κ2) is 38.1. The molecular formula is C120H79F3O18. The summed E-state index contributed by atoms with van der Waals surface area (Å²) >= 11 is 0. The summed E-state index contributed by atoms with van der Waals surface area (Å²) in [5, 5.41) is 7.13. The van der Waals surface area contributed by atoms with Gasteiger partial charge in [-0.3, -0.25) is 14.4 Å². The number of carbonyl (C=O) groups is 3. The summed E-state index contributed by atoms with van der Waals surface area (Å²) in [4.78, 5) is 100. The normalized spacial score (nSPS) is 11.3. The number of ketones is 3. The number of rotatable bonds is 14. The summed E-state index contributed by atoms with van der Waals surface area (Å²) in [7, 11) is 0. The molecule has 0 spiro atoms. The Morgan fingerprint density at radius 1 is 0.248 bits per heavy atom. The van der Waals surface area contributed by atoms with Crippen molar-refractivity contribution in [3.05, 3.63) is 483 Å². The quantitative estimate of drug-likeness (QED) is 0.0723. The first-order valence-corrected chi connectivity index (χ1v) is 45.2. The molecular weight excluding hydrogens is 1790 g/mol. The Morgan fingerprint density at radius 3 is 0.922 bits per heavy atom. The maximum Gasteiger partial charge on any atom is 0.336 e. The highest BCUT2D eigenvalue weighted by Crippen LogP contribution is 2.49. The third-order valence-corrected chi connectivity index (χ3v) is 24.7. The summed E-state index contributed by atoms with van der Waals surface area (Å²) in [6.45, 7) is 11.4. The van der Waals surface area contributed by atoms with Crippen molar-refractivity contribution in [1.29, 1.82) is 0 Å². The van der Waals surface area contributed by atoms with E-state index in [-0.39, 0.29) is 62.6 Å². The molecule has 0 aliphatic heterocycles. The maximum atomic E-state index is 14.8. The van der Waals surface area contributed by atoms with Crippen LogP contribution in [0.2, 0.25) is 0 Å². The van der Waals surface area contributed by atoms with Gasteiger partial charge >= 0.3 is 28.1 Å². The van der Waals surface area contributed by atoms with Crippen LogP contribution < -0.4 is 28.1 Å². The molecule has 0 unspecified atom stereocenters. The van der Waals surface area contributed by atoms with E-state index in [1.54, 1.807) is 165 Å². The fraction of sp³-hybridized carbons (Fsp3) is 0.0667. The van der Waals surface area contributed by atoms with Crippen molar-refractivity contribution in [2.75, 3.05) is 0 Å². The van der Waals surface area contributed by atoms with Crippen LogP contribution in [0.1, 0.15) is 95.3 Å². The molecule has 0 aliphatic carbocycles. The fourth-order valence-corrected chi connectivity index (χ4v) is 18.2. The minimum absolute atomic E-state index is 0.00189. The van der Waals surface area contributed by atoms with Crippen LogP contribution in [0.25, 0.3) is 177 Å². The molecule has 0 bridgehead atoms. The minimum Gasteiger partial charge on any atom is -0.460 e. The van der Waals surface area contributed by atoms with Crippen LogP contribution in [0.3, 0.4) is 0 Å². The first kappa shape index (κ1) is 90.4. The largest absolute Gasteiger partial charge is 0.460 e. The fourth-order valence-electron chi connectivity index (χ4n) is 18.2. The number of aryl methyl sites for hydroxylation is 6. The Balaban J connectivity index is 0.000000108. The average molecular weight is 1870 g/mol. The summed E-state index contributed by atoms with van der Waals surface area (Å²) in [6.07, 6.45) is 1.83. The molecule has 0 saturated heterocycles. The van der Waals surface area contributed by atoms with Gasteiger partial charge in [0.1, 0.15) is 84.8 Å². The first-order valence-electron chi connectivity index (χ1n) is 45.2. The summed E-state index contributed by atoms with van der Waals surface area (Å²) in [6, 6.07) is 99.8. The lowest BCUT2D eigenvalue weighted by atomic mass is 9.96. The van der Waals surface area contributed by atoms with Crippen molar-refractivity contribution in [3.8, 4) is 67.0 Å². The van der Waals surface area contributed by atoms with Gasteiger partial charge in [0.15, 0.2) is 17.3 Å². The van der Waals surface area contributed by atoms with Gasteiger partial charge in [0.2, 0.25) is 17.3 Å². The Kier molecular flexibility index (Phi) is 24.4. The number of hydrogen-bond acceptors (Lipinski definition) is 18. The third-order valence-electron chi connectivity index (χ3n) is 24.7. The van der Waals surface area contributed by atoms with Crippen LogP contribution in [-0.4, -0.2) is 17.3 Å². The van der Waals surface area contributed by atoms with Gasteiger partial charge in [-0.2, -0.15) is 0 Å². The molecule has 0 aliphatic rings.